The Morgan fingerprint density at radius 2 is 1.07 bits per heavy atom. The zero-order chi connectivity index (χ0) is 11.5. The largest absolute Gasteiger partial charge is 0.204 e. The molecule has 0 saturated heterocycles. The normalized spacial score (nSPS) is 9.36. The summed E-state index contributed by atoms with van der Waals surface area (Å²) < 4.78 is 50.2. The molecule has 0 aliphatic rings. The molecule has 76 valence electrons. The van der Waals surface area contributed by atoms with Gasteiger partial charge in [0, 0.05) is 5.56 Å². The summed E-state index contributed by atoms with van der Waals surface area (Å²) in [4.78, 5) is 0. The van der Waals surface area contributed by atoms with E-state index in [1.165, 1.54) is 0 Å². The highest BCUT2D eigenvalue weighted by atomic mass is 19.2. The van der Waals surface area contributed by atoms with E-state index >= 15 is 0 Å². The monoisotopic (exact) mass is 204 g/mol. The Morgan fingerprint density at radius 3 is 1.36 bits per heavy atom. The second kappa shape index (κ2) is 5.03. The van der Waals surface area contributed by atoms with Gasteiger partial charge in [-0.05, 0) is 12.4 Å². The molecule has 0 spiro atoms. The van der Waals surface area contributed by atoms with Gasteiger partial charge < -0.3 is 0 Å². The molecular formula is C9H9BF4. The fourth-order valence-corrected chi connectivity index (χ4v) is 0.758. The Kier molecular flexibility index (Phi) is 4.67. The van der Waals surface area contributed by atoms with Crippen LogP contribution in [0.15, 0.2) is 0 Å². The quantitative estimate of drug-likeness (QED) is 0.345. The molecule has 14 heavy (non-hydrogen) atoms. The maximum absolute atomic E-state index is 12.6. The van der Waals surface area contributed by atoms with Gasteiger partial charge in [0.05, 0.1) is 0 Å². The Bertz CT molecular complexity index is 231. The van der Waals surface area contributed by atoms with Crippen LogP contribution < -0.4 is 5.46 Å². The molecule has 0 N–H and O–H groups in total. The van der Waals surface area contributed by atoms with Gasteiger partial charge in [0.15, 0.2) is 23.3 Å². The molecule has 0 aliphatic heterocycles. The summed E-state index contributed by atoms with van der Waals surface area (Å²) in [5.41, 5.74) is -1.84. The highest BCUT2D eigenvalue weighted by Crippen LogP contribution is 2.15. The fourth-order valence-electron chi connectivity index (χ4n) is 0.758. The first-order valence-corrected chi connectivity index (χ1v) is 4.04. The number of halogens is 4. The third-order valence-corrected chi connectivity index (χ3v) is 1.52. The van der Waals surface area contributed by atoms with Crippen LogP contribution in [0.5, 0.6) is 0 Å². The summed E-state index contributed by atoms with van der Waals surface area (Å²) in [5, 5.41) is 0. The molecule has 1 aromatic rings. The van der Waals surface area contributed by atoms with E-state index in [1.54, 1.807) is 0 Å². The topological polar surface area (TPSA) is 0 Å². The van der Waals surface area contributed by atoms with Crippen LogP contribution in [-0.4, -0.2) is 7.85 Å². The molecule has 0 saturated carbocycles. The van der Waals surface area contributed by atoms with E-state index in [1.807, 2.05) is 13.8 Å². The molecule has 0 amide bonds. The van der Waals surface area contributed by atoms with Gasteiger partial charge >= 0.3 is 0 Å². The van der Waals surface area contributed by atoms with Crippen molar-refractivity contribution in [1.82, 2.24) is 0 Å². The molecule has 0 aromatic heterocycles. The average molecular weight is 204 g/mol. The van der Waals surface area contributed by atoms with Crippen molar-refractivity contribution in [2.45, 2.75) is 20.8 Å². The molecule has 0 bridgehead atoms. The van der Waals surface area contributed by atoms with E-state index in [2.05, 4.69) is 0 Å². The van der Waals surface area contributed by atoms with Crippen LogP contribution in [-0.2, 0) is 0 Å². The van der Waals surface area contributed by atoms with Gasteiger partial charge in [0.2, 0.25) is 0 Å². The zero-order valence-electron chi connectivity index (χ0n) is 8.09. The lowest BCUT2D eigenvalue weighted by atomic mass is 9.93. The first-order valence-electron chi connectivity index (χ1n) is 4.04. The van der Waals surface area contributed by atoms with Gasteiger partial charge in [-0.1, -0.05) is 13.8 Å². The summed E-state index contributed by atoms with van der Waals surface area (Å²) in [6.07, 6.45) is 0. The predicted molar refractivity (Wildman–Crippen MR) is 47.7 cm³/mol. The van der Waals surface area contributed by atoms with Gasteiger partial charge in [-0.3, -0.25) is 0 Å². The number of benzene rings is 1. The fraction of sp³-hybridized carbons (Fsp3) is 0.333. The van der Waals surface area contributed by atoms with Crippen LogP contribution >= 0.6 is 0 Å². The van der Waals surface area contributed by atoms with Crippen molar-refractivity contribution in [3.05, 3.63) is 28.8 Å². The zero-order valence-corrected chi connectivity index (χ0v) is 8.09. The van der Waals surface area contributed by atoms with E-state index in [4.69, 9.17) is 7.85 Å². The second-order valence-corrected chi connectivity index (χ2v) is 2.29. The van der Waals surface area contributed by atoms with Crippen LogP contribution in [0.3, 0.4) is 0 Å². The number of hydrogen-bond acceptors (Lipinski definition) is 0. The van der Waals surface area contributed by atoms with Crippen molar-refractivity contribution in [2.24, 2.45) is 0 Å². The Labute approximate surface area is 81.3 Å². The van der Waals surface area contributed by atoms with E-state index in [0.717, 1.165) is 6.92 Å². The summed E-state index contributed by atoms with van der Waals surface area (Å²) in [7, 11) is 4.72. The molecule has 0 atom stereocenters. The van der Waals surface area contributed by atoms with Gasteiger partial charge in [-0.25, -0.2) is 17.6 Å². The maximum atomic E-state index is 12.6. The third-order valence-electron chi connectivity index (χ3n) is 1.52. The minimum atomic E-state index is -1.55. The Balaban J connectivity index is 0.000000791. The maximum Gasteiger partial charge on any atom is 0.164 e. The average Bonchev–Trinajstić information content (AvgIpc) is 2.24. The van der Waals surface area contributed by atoms with Crippen molar-refractivity contribution >= 4 is 13.3 Å². The van der Waals surface area contributed by atoms with Gasteiger partial charge in [-0.2, -0.15) is 0 Å². The van der Waals surface area contributed by atoms with Crippen LogP contribution in [0, 0.1) is 30.2 Å². The summed E-state index contributed by atoms with van der Waals surface area (Å²) in [6, 6.07) is 0. The minimum absolute atomic E-state index is 0.709. The Hall–Kier alpha value is -0.995. The highest BCUT2D eigenvalue weighted by Gasteiger charge is 2.18. The van der Waals surface area contributed by atoms with E-state index in [0.29, 0.717) is 0 Å². The minimum Gasteiger partial charge on any atom is -0.204 e. The first kappa shape index (κ1) is 13.0. The van der Waals surface area contributed by atoms with Gasteiger partial charge in [-0.15, -0.1) is 0 Å². The molecule has 2 radical (unpaired) electrons. The lowest BCUT2D eigenvalue weighted by Gasteiger charge is -2.05. The molecule has 1 rings (SSSR count). The molecule has 0 aliphatic carbocycles. The predicted octanol–water partition coefficient (Wildman–Crippen LogP) is 2.37. The van der Waals surface area contributed by atoms with Gasteiger partial charge in [0.1, 0.15) is 7.85 Å². The van der Waals surface area contributed by atoms with Gasteiger partial charge in [0.25, 0.3) is 0 Å². The molecule has 0 fully saturated rings. The Morgan fingerprint density at radius 1 is 0.786 bits per heavy atom. The van der Waals surface area contributed by atoms with Crippen LogP contribution in [0.25, 0.3) is 0 Å². The molecule has 1 aromatic carbocycles. The number of rotatable bonds is 0. The molecule has 0 unspecified atom stereocenters. The molecule has 5 heteroatoms. The van der Waals surface area contributed by atoms with Crippen molar-refractivity contribution in [3.63, 3.8) is 0 Å². The van der Waals surface area contributed by atoms with Crippen molar-refractivity contribution in [2.75, 3.05) is 0 Å². The van der Waals surface area contributed by atoms with E-state index in [-0.39, 0.29) is 0 Å². The molecular weight excluding hydrogens is 195 g/mol. The second-order valence-electron chi connectivity index (χ2n) is 2.29. The highest BCUT2D eigenvalue weighted by molar-refractivity contribution is 6.32. The van der Waals surface area contributed by atoms with Crippen LogP contribution in [0.4, 0.5) is 17.6 Å². The van der Waals surface area contributed by atoms with Crippen molar-refractivity contribution in [3.8, 4) is 0 Å². The number of hydrogen-bond donors (Lipinski definition) is 0. The summed E-state index contributed by atoms with van der Waals surface area (Å²) in [5.74, 6) is -6.00. The summed E-state index contributed by atoms with van der Waals surface area (Å²) in [6.45, 7) is 4.93. The smallest absolute Gasteiger partial charge is 0.164 e. The lowest BCUT2D eigenvalue weighted by molar-refractivity contribution is 0.454. The van der Waals surface area contributed by atoms with E-state index in [9.17, 15) is 17.6 Å². The third kappa shape index (κ3) is 2.08. The molecule has 0 heterocycles. The molecule has 0 nitrogen and oxygen atoms in total. The van der Waals surface area contributed by atoms with Crippen LogP contribution in [0.1, 0.15) is 19.4 Å². The van der Waals surface area contributed by atoms with Crippen molar-refractivity contribution < 1.29 is 17.6 Å². The van der Waals surface area contributed by atoms with Crippen LogP contribution in [0.2, 0.25) is 0 Å². The lowest BCUT2D eigenvalue weighted by Crippen LogP contribution is -2.19. The first-order chi connectivity index (χ1) is 6.46. The summed E-state index contributed by atoms with van der Waals surface area (Å²) >= 11 is 0. The van der Waals surface area contributed by atoms with Crippen molar-refractivity contribution in [1.29, 1.82) is 0 Å². The van der Waals surface area contributed by atoms with E-state index < -0.39 is 34.3 Å². The standard InChI is InChI=1S/C7H3BF4.C2H6/c1-2-4(9)6(11)3(8)7(12)5(2)10;1-2/h1H3;1-2H3. The SMILES string of the molecule is CC.[B]c1c(F)c(F)c(C)c(F)c1F.